The fourth-order valence-electron chi connectivity index (χ4n) is 2.05. The van der Waals surface area contributed by atoms with Crippen molar-refractivity contribution in [1.82, 2.24) is 10.6 Å². The molecule has 0 fully saturated rings. The van der Waals surface area contributed by atoms with Crippen LogP contribution < -0.4 is 15.4 Å². The fraction of sp³-hybridized carbons (Fsp3) is 0.588. The van der Waals surface area contributed by atoms with Crippen LogP contribution in [0.25, 0.3) is 0 Å². The van der Waals surface area contributed by atoms with Crippen LogP contribution in [-0.4, -0.2) is 52.6 Å². The highest BCUT2D eigenvalue weighted by Gasteiger charge is 2.09. The lowest BCUT2D eigenvalue weighted by atomic mass is 10.2. The van der Waals surface area contributed by atoms with Crippen LogP contribution in [0.5, 0.6) is 5.75 Å². The number of sulfone groups is 1. The quantitative estimate of drug-likeness (QED) is 0.372. The summed E-state index contributed by atoms with van der Waals surface area (Å²) in [6, 6.07) is 5.98. The van der Waals surface area contributed by atoms with Crippen molar-refractivity contribution in [2.75, 3.05) is 32.2 Å². The van der Waals surface area contributed by atoms with Crippen LogP contribution >= 0.6 is 0 Å². The Kier molecular flexibility index (Phi) is 9.26. The van der Waals surface area contributed by atoms with Crippen molar-refractivity contribution in [3.8, 4) is 5.75 Å². The van der Waals surface area contributed by atoms with Crippen molar-refractivity contribution in [2.24, 2.45) is 4.99 Å². The summed E-state index contributed by atoms with van der Waals surface area (Å²) < 4.78 is 40.7. The summed E-state index contributed by atoms with van der Waals surface area (Å²) in [6.45, 7) is 3.21. The lowest BCUT2D eigenvalue weighted by Crippen LogP contribution is -2.43. The Balaban J connectivity index is 2.15. The van der Waals surface area contributed by atoms with E-state index in [4.69, 9.17) is 4.74 Å². The first-order valence-electron chi connectivity index (χ1n) is 8.33. The van der Waals surface area contributed by atoms with E-state index in [1.165, 1.54) is 18.4 Å². The third-order valence-electron chi connectivity index (χ3n) is 3.47. The van der Waals surface area contributed by atoms with Gasteiger partial charge in [0.25, 0.3) is 0 Å². The smallest absolute Gasteiger partial charge is 0.191 e. The second-order valence-electron chi connectivity index (χ2n) is 5.97. The molecular formula is C17H28FN3O3S. The third-order valence-corrected chi connectivity index (χ3v) is 4.45. The molecule has 0 saturated heterocycles. The summed E-state index contributed by atoms with van der Waals surface area (Å²) in [5.41, 5.74) is 0. The largest absolute Gasteiger partial charge is 0.494 e. The molecule has 1 rings (SSSR count). The number of aliphatic imine (C=N–C) groups is 1. The van der Waals surface area contributed by atoms with Gasteiger partial charge in [0.15, 0.2) is 5.96 Å². The van der Waals surface area contributed by atoms with Crippen LogP contribution in [-0.2, 0) is 9.84 Å². The Morgan fingerprint density at radius 1 is 1.28 bits per heavy atom. The molecule has 1 aromatic rings. The zero-order chi connectivity index (χ0) is 18.7. The highest BCUT2D eigenvalue weighted by Crippen LogP contribution is 2.11. The maximum Gasteiger partial charge on any atom is 0.191 e. The van der Waals surface area contributed by atoms with Crippen LogP contribution in [0.15, 0.2) is 29.3 Å². The van der Waals surface area contributed by atoms with E-state index in [9.17, 15) is 12.8 Å². The number of nitrogens with zero attached hydrogens (tertiary/aromatic N) is 1. The van der Waals surface area contributed by atoms with Gasteiger partial charge in [-0.2, -0.15) is 0 Å². The number of hydrogen-bond acceptors (Lipinski definition) is 4. The summed E-state index contributed by atoms with van der Waals surface area (Å²) in [6.07, 6.45) is 3.51. The summed E-state index contributed by atoms with van der Waals surface area (Å²) in [5, 5.41) is 6.36. The fourth-order valence-corrected chi connectivity index (χ4v) is 2.83. The minimum absolute atomic E-state index is 0.0164. The van der Waals surface area contributed by atoms with Gasteiger partial charge in [-0.05, 0) is 50.5 Å². The minimum atomic E-state index is -2.95. The Labute approximate surface area is 149 Å². The van der Waals surface area contributed by atoms with E-state index in [2.05, 4.69) is 15.6 Å². The van der Waals surface area contributed by atoms with Gasteiger partial charge in [-0.3, -0.25) is 4.99 Å². The second-order valence-corrected chi connectivity index (χ2v) is 8.23. The topological polar surface area (TPSA) is 79.8 Å². The highest BCUT2D eigenvalue weighted by molar-refractivity contribution is 7.90. The molecule has 1 atom stereocenters. The number of ether oxygens (including phenoxy) is 1. The molecule has 0 aliphatic carbocycles. The average Bonchev–Trinajstić information content (AvgIpc) is 2.56. The second kappa shape index (κ2) is 10.9. The van der Waals surface area contributed by atoms with Crippen molar-refractivity contribution in [2.45, 2.75) is 32.2 Å². The molecule has 0 bridgehead atoms. The maximum absolute atomic E-state index is 12.8. The number of unbranched alkanes of at least 4 members (excludes halogenated alkanes) is 1. The molecule has 8 heteroatoms. The van der Waals surface area contributed by atoms with E-state index < -0.39 is 9.84 Å². The Hall–Kier alpha value is -1.83. The van der Waals surface area contributed by atoms with Gasteiger partial charge in [0.2, 0.25) is 0 Å². The van der Waals surface area contributed by atoms with Crippen molar-refractivity contribution in [3.05, 3.63) is 30.1 Å². The van der Waals surface area contributed by atoms with Crippen molar-refractivity contribution in [1.29, 1.82) is 0 Å². The van der Waals surface area contributed by atoms with Crippen LogP contribution in [0.1, 0.15) is 26.2 Å². The maximum atomic E-state index is 12.8. The molecule has 0 spiro atoms. The molecule has 0 aliphatic rings. The first-order chi connectivity index (χ1) is 11.8. The molecule has 0 saturated carbocycles. The summed E-state index contributed by atoms with van der Waals surface area (Å²) >= 11 is 0. The molecule has 0 radical (unpaired) electrons. The lowest BCUT2D eigenvalue weighted by Gasteiger charge is -2.17. The first kappa shape index (κ1) is 21.2. The highest BCUT2D eigenvalue weighted by atomic mass is 32.2. The van der Waals surface area contributed by atoms with Gasteiger partial charge in [-0.1, -0.05) is 0 Å². The van der Waals surface area contributed by atoms with E-state index in [0.717, 1.165) is 19.4 Å². The monoisotopic (exact) mass is 373 g/mol. The number of nitrogens with one attached hydrogen (secondary N) is 2. The van der Waals surface area contributed by atoms with Gasteiger partial charge in [-0.15, -0.1) is 0 Å². The minimum Gasteiger partial charge on any atom is -0.494 e. The average molecular weight is 373 g/mol. The molecule has 25 heavy (non-hydrogen) atoms. The standard InChI is InChI=1S/C17H28FN3O3S/c1-14(10-13-25(3,22)23)21-17(19-2)20-11-4-5-12-24-16-8-6-15(18)7-9-16/h6-9,14H,4-5,10-13H2,1-3H3,(H2,19,20,21). The number of benzene rings is 1. The van der Waals surface area contributed by atoms with E-state index in [0.29, 0.717) is 24.7 Å². The molecular weight excluding hydrogens is 345 g/mol. The van der Waals surface area contributed by atoms with Gasteiger partial charge < -0.3 is 15.4 Å². The molecule has 1 aromatic carbocycles. The lowest BCUT2D eigenvalue weighted by molar-refractivity contribution is 0.306. The molecule has 0 aromatic heterocycles. The molecule has 0 aliphatic heterocycles. The summed E-state index contributed by atoms with van der Waals surface area (Å²) in [7, 11) is -1.27. The number of guanidine groups is 1. The first-order valence-corrected chi connectivity index (χ1v) is 10.4. The van der Waals surface area contributed by atoms with Crippen LogP contribution in [0.2, 0.25) is 0 Å². The molecule has 0 heterocycles. The van der Waals surface area contributed by atoms with Crippen molar-refractivity contribution < 1.29 is 17.5 Å². The van der Waals surface area contributed by atoms with Crippen LogP contribution in [0.3, 0.4) is 0 Å². The zero-order valence-corrected chi connectivity index (χ0v) is 15.9. The van der Waals surface area contributed by atoms with Gasteiger partial charge in [0.1, 0.15) is 21.4 Å². The molecule has 0 amide bonds. The van der Waals surface area contributed by atoms with Gasteiger partial charge in [0.05, 0.1) is 12.4 Å². The van der Waals surface area contributed by atoms with E-state index >= 15 is 0 Å². The van der Waals surface area contributed by atoms with E-state index in [1.54, 1.807) is 19.2 Å². The van der Waals surface area contributed by atoms with Gasteiger partial charge in [0, 0.05) is 25.9 Å². The van der Waals surface area contributed by atoms with Crippen LogP contribution in [0, 0.1) is 5.82 Å². The zero-order valence-electron chi connectivity index (χ0n) is 15.1. The summed E-state index contributed by atoms with van der Waals surface area (Å²) in [4.78, 5) is 4.12. The normalized spacial score (nSPS) is 13.4. The number of halogens is 1. The van der Waals surface area contributed by atoms with Gasteiger partial charge in [-0.25, -0.2) is 12.8 Å². The predicted octanol–water partition coefficient (Wildman–Crippen LogP) is 1.97. The molecule has 142 valence electrons. The van der Waals surface area contributed by atoms with Crippen LogP contribution in [0.4, 0.5) is 4.39 Å². The van der Waals surface area contributed by atoms with Crippen molar-refractivity contribution >= 4 is 15.8 Å². The number of rotatable bonds is 10. The molecule has 2 N–H and O–H groups in total. The number of hydrogen-bond donors (Lipinski definition) is 2. The van der Waals surface area contributed by atoms with Gasteiger partial charge >= 0.3 is 0 Å². The Bertz CT molecular complexity index is 633. The van der Waals surface area contributed by atoms with Crippen molar-refractivity contribution in [3.63, 3.8) is 0 Å². The summed E-state index contributed by atoms with van der Waals surface area (Å²) in [5.74, 6) is 1.19. The Morgan fingerprint density at radius 3 is 2.56 bits per heavy atom. The SMILES string of the molecule is CN=C(NCCCCOc1ccc(F)cc1)NC(C)CCS(C)(=O)=O. The molecule has 1 unspecified atom stereocenters. The molecule has 6 nitrogen and oxygen atoms in total. The Morgan fingerprint density at radius 2 is 1.96 bits per heavy atom. The third kappa shape index (κ3) is 10.6. The van der Waals surface area contributed by atoms with E-state index in [1.807, 2.05) is 6.92 Å². The predicted molar refractivity (Wildman–Crippen MR) is 99.4 cm³/mol. The van der Waals surface area contributed by atoms with E-state index in [-0.39, 0.29) is 17.6 Å².